The Morgan fingerprint density at radius 1 is 1.56 bits per heavy atom. The van der Waals surface area contributed by atoms with Crippen molar-refractivity contribution >= 4 is 5.91 Å². The third-order valence-corrected chi connectivity index (χ3v) is 3.28. The standard InChI is InChI=1S/C14H20N2O2/c1-2-11(15)7-8-16-14(17)13-9-10-5-3-4-6-12(10)18-13/h3-6,11,13H,2,7-9,15H2,1H3,(H,16,17). The maximum absolute atomic E-state index is 11.9. The molecule has 2 atom stereocenters. The van der Waals surface area contributed by atoms with Gasteiger partial charge in [-0.1, -0.05) is 25.1 Å². The highest BCUT2D eigenvalue weighted by Crippen LogP contribution is 2.27. The molecule has 4 heteroatoms. The van der Waals surface area contributed by atoms with Crippen molar-refractivity contribution in [2.24, 2.45) is 5.73 Å². The van der Waals surface area contributed by atoms with Crippen molar-refractivity contribution in [1.29, 1.82) is 0 Å². The smallest absolute Gasteiger partial charge is 0.261 e. The van der Waals surface area contributed by atoms with Crippen LogP contribution in [-0.2, 0) is 11.2 Å². The molecule has 1 heterocycles. The number of amides is 1. The van der Waals surface area contributed by atoms with E-state index in [9.17, 15) is 4.79 Å². The van der Waals surface area contributed by atoms with Crippen molar-refractivity contribution in [3.8, 4) is 5.75 Å². The maximum Gasteiger partial charge on any atom is 0.261 e. The Labute approximate surface area is 108 Å². The van der Waals surface area contributed by atoms with Crippen LogP contribution >= 0.6 is 0 Å². The summed E-state index contributed by atoms with van der Waals surface area (Å²) in [4.78, 5) is 11.9. The van der Waals surface area contributed by atoms with E-state index in [1.165, 1.54) is 0 Å². The first-order valence-electron chi connectivity index (χ1n) is 6.48. The molecule has 1 amide bonds. The molecule has 0 saturated carbocycles. The Kier molecular flexibility index (Phi) is 4.20. The molecule has 1 aromatic rings. The van der Waals surface area contributed by atoms with Gasteiger partial charge in [-0.25, -0.2) is 0 Å². The minimum atomic E-state index is -0.389. The van der Waals surface area contributed by atoms with Crippen molar-refractivity contribution in [1.82, 2.24) is 5.32 Å². The third kappa shape index (κ3) is 3.01. The normalized spacial score (nSPS) is 18.9. The molecule has 0 radical (unpaired) electrons. The molecule has 0 aliphatic carbocycles. The molecule has 0 fully saturated rings. The van der Waals surface area contributed by atoms with Crippen LogP contribution in [0.4, 0.5) is 0 Å². The average Bonchev–Trinajstić information content (AvgIpc) is 2.82. The quantitative estimate of drug-likeness (QED) is 0.824. The minimum Gasteiger partial charge on any atom is -0.480 e. The molecule has 4 nitrogen and oxygen atoms in total. The Morgan fingerprint density at radius 2 is 2.33 bits per heavy atom. The number of para-hydroxylation sites is 1. The van der Waals surface area contributed by atoms with Gasteiger partial charge in [-0.05, 0) is 24.5 Å². The zero-order chi connectivity index (χ0) is 13.0. The molecular weight excluding hydrogens is 228 g/mol. The molecule has 1 aromatic carbocycles. The van der Waals surface area contributed by atoms with Crippen molar-refractivity contribution in [3.63, 3.8) is 0 Å². The molecule has 2 unspecified atom stereocenters. The van der Waals surface area contributed by atoms with Gasteiger partial charge in [-0.2, -0.15) is 0 Å². The number of hydrogen-bond acceptors (Lipinski definition) is 3. The van der Waals surface area contributed by atoms with Crippen LogP contribution in [-0.4, -0.2) is 24.6 Å². The van der Waals surface area contributed by atoms with Crippen molar-refractivity contribution in [3.05, 3.63) is 29.8 Å². The summed E-state index contributed by atoms with van der Waals surface area (Å²) in [5.41, 5.74) is 6.90. The van der Waals surface area contributed by atoms with Crippen LogP contribution in [0.3, 0.4) is 0 Å². The second-order valence-electron chi connectivity index (χ2n) is 4.67. The van der Waals surface area contributed by atoms with Crippen LogP contribution in [0.25, 0.3) is 0 Å². The largest absolute Gasteiger partial charge is 0.480 e. The third-order valence-electron chi connectivity index (χ3n) is 3.28. The number of hydrogen-bond donors (Lipinski definition) is 2. The van der Waals surface area contributed by atoms with Gasteiger partial charge in [0.2, 0.25) is 0 Å². The van der Waals surface area contributed by atoms with Gasteiger partial charge >= 0.3 is 0 Å². The van der Waals surface area contributed by atoms with Crippen LogP contribution in [0.1, 0.15) is 25.3 Å². The lowest BCUT2D eigenvalue weighted by atomic mass is 10.1. The summed E-state index contributed by atoms with van der Waals surface area (Å²) in [6.07, 6.45) is 2.01. The summed E-state index contributed by atoms with van der Waals surface area (Å²) in [6, 6.07) is 7.93. The van der Waals surface area contributed by atoms with E-state index in [2.05, 4.69) is 5.32 Å². The Hall–Kier alpha value is -1.55. The molecule has 98 valence electrons. The van der Waals surface area contributed by atoms with Gasteiger partial charge in [0, 0.05) is 19.0 Å². The van der Waals surface area contributed by atoms with Crippen LogP contribution < -0.4 is 15.8 Å². The lowest BCUT2D eigenvalue weighted by Gasteiger charge is -2.13. The Bertz CT molecular complexity index is 395. The van der Waals surface area contributed by atoms with Gasteiger partial charge in [-0.3, -0.25) is 4.79 Å². The highest BCUT2D eigenvalue weighted by molar-refractivity contribution is 5.82. The van der Waals surface area contributed by atoms with Crippen LogP contribution in [0.5, 0.6) is 5.75 Å². The fraction of sp³-hybridized carbons (Fsp3) is 0.500. The van der Waals surface area contributed by atoms with Crippen LogP contribution in [0, 0.1) is 0 Å². The SMILES string of the molecule is CCC(N)CCNC(=O)C1Cc2ccccc2O1. The Balaban J connectivity index is 1.79. The number of carbonyl (C=O) groups is 1. The first-order valence-corrected chi connectivity index (χ1v) is 6.48. The molecule has 0 aromatic heterocycles. The van der Waals surface area contributed by atoms with E-state index in [0.717, 1.165) is 24.2 Å². The zero-order valence-corrected chi connectivity index (χ0v) is 10.7. The summed E-state index contributed by atoms with van der Waals surface area (Å²) >= 11 is 0. The number of benzene rings is 1. The molecule has 1 aliphatic heterocycles. The molecule has 0 spiro atoms. The van der Waals surface area contributed by atoms with Crippen LogP contribution in [0.15, 0.2) is 24.3 Å². The summed E-state index contributed by atoms with van der Waals surface area (Å²) in [7, 11) is 0. The molecule has 2 rings (SSSR count). The predicted molar refractivity (Wildman–Crippen MR) is 70.5 cm³/mol. The summed E-state index contributed by atoms with van der Waals surface area (Å²) < 4.78 is 5.61. The van der Waals surface area contributed by atoms with Gasteiger partial charge in [-0.15, -0.1) is 0 Å². The summed E-state index contributed by atoms with van der Waals surface area (Å²) in [6.45, 7) is 2.66. The van der Waals surface area contributed by atoms with Crippen LogP contribution in [0.2, 0.25) is 0 Å². The summed E-state index contributed by atoms with van der Waals surface area (Å²) in [5.74, 6) is 0.775. The van der Waals surface area contributed by atoms with Gasteiger partial charge in [0.15, 0.2) is 6.10 Å². The number of fused-ring (bicyclic) bond motifs is 1. The van der Waals surface area contributed by atoms with Gasteiger partial charge in [0.1, 0.15) is 5.75 Å². The number of ether oxygens (including phenoxy) is 1. The van der Waals surface area contributed by atoms with E-state index in [4.69, 9.17) is 10.5 Å². The average molecular weight is 248 g/mol. The minimum absolute atomic E-state index is 0.0468. The number of carbonyl (C=O) groups excluding carboxylic acids is 1. The Morgan fingerprint density at radius 3 is 3.06 bits per heavy atom. The van der Waals surface area contributed by atoms with E-state index in [0.29, 0.717) is 13.0 Å². The van der Waals surface area contributed by atoms with E-state index in [1.54, 1.807) is 0 Å². The fourth-order valence-corrected chi connectivity index (χ4v) is 2.03. The molecule has 1 aliphatic rings. The topological polar surface area (TPSA) is 64.3 Å². The predicted octanol–water partition coefficient (Wildman–Crippen LogP) is 1.23. The van der Waals surface area contributed by atoms with E-state index >= 15 is 0 Å². The second kappa shape index (κ2) is 5.87. The van der Waals surface area contributed by atoms with E-state index in [1.807, 2.05) is 31.2 Å². The molecule has 0 bridgehead atoms. The monoisotopic (exact) mass is 248 g/mol. The van der Waals surface area contributed by atoms with E-state index in [-0.39, 0.29) is 18.1 Å². The zero-order valence-electron chi connectivity index (χ0n) is 10.7. The van der Waals surface area contributed by atoms with Gasteiger partial charge < -0.3 is 15.8 Å². The molecule has 18 heavy (non-hydrogen) atoms. The first-order chi connectivity index (χ1) is 8.70. The van der Waals surface area contributed by atoms with Gasteiger partial charge in [0.25, 0.3) is 5.91 Å². The number of rotatable bonds is 5. The van der Waals surface area contributed by atoms with E-state index < -0.39 is 0 Å². The number of nitrogens with one attached hydrogen (secondary N) is 1. The highest BCUT2D eigenvalue weighted by Gasteiger charge is 2.28. The lowest BCUT2D eigenvalue weighted by Crippen LogP contribution is -2.39. The van der Waals surface area contributed by atoms with Crippen molar-refractivity contribution in [2.45, 2.75) is 38.3 Å². The highest BCUT2D eigenvalue weighted by atomic mass is 16.5. The molecule has 3 N–H and O–H groups in total. The number of nitrogens with two attached hydrogens (primary N) is 1. The van der Waals surface area contributed by atoms with Gasteiger partial charge in [0.05, 0.1) is 0 Å². The first kappa shape index (κ1) is 12.9. The maximum atomic E-state index is 11.9. The summed E-state index contributed by atoms with van der Waals surface area (Å²) in [5, 5.41) is 2.88. The molecular formula is C14H20N2O2. The van der Waals surface area contributed by atoms with Crippen molar-refractivity contribution < 1.29 is 9.53 Å². The lowest BCUT2D eigenvalue weighted by molar-refractivity contribution is -0.127. The molecule has 0 saturated heterocycles. The van der Waals surface area contributed by atoms with Crippen molar-refractivity contribution in [2.75, 3.05) is 6.54 Å². The fourth-order valence-electron chi connectivity index (χ4n) is 2.03. The second-order valence-corrected chi connectivity index (χ2v) is 4.67.